The van der Waals surface area contributed by atoms with Crippen molar-refractivity contribution in [3.05, 3.63) is 23.8 Å². The predicted molar refractivity (Wildman–Crippen MR) is 81.2 cm³/mol. The van der Waals surface area contributed by atoms with Gasteiger partial charge in [0.05, 0.1) is 11.4 Å². The van der Waals surface area contributed by atoms with E-state index in [4.69, 9.17) is 5.73 Å². The summed E-state index contributed by atoms with van der Waals surface area (Å²) in [7, 11) is -2.28. The lowest BCUT2D eigenvalue weighted by Crippen LogP contribution is -2.39. The minimum Gasteiger partial charge on any atom is -0.399 e. The molecule has 7 heteroatoms. The summed E-state index contributed by atoms with van der Waals surface area (Å²) in [5, 5.41) is 0. The molecule has 0 aliphatic carbocycles. The molecule has 1 aromatic rings. The van der Waals surface area contributed by atoms with Crippen LogP contribution in [0.2, 0.25) is 0 Å². The molecule has 0 saturated carbocycles. The van der Waals surface area contributed by atoms with Crippen LogP contribution in [0.4, 0.5) is 5.69 Å². The van der Waals surface area contributed by atoms with Gasteiger partial charge in [-0.05, 0) is 43.5 Å². The predicted octanol–water partition coefficient (Wildman–Crippen LogP) is 0.820. The van der Waals surface area contributed by atoms with Crippen molar-refractivity contribution >= 4 is 21.6 Å². The molecule has 2 N–H and O–H groups in total. The van der Waals surface area contributed by atoms with E-state index in [1.807, 2.05) is 0 Å². The lowest BCUT2D eigenvalue weighted by molar-refractivity contribution is -0.130. The van der Waals surface area contributed by atoms with Gasteiger partial charge in [-0.15, -0.1) is 0 Å². The molecule has 2 rings (SSSR count). The Bertz CT molecular complexity index is 617. The molecule has 1 aromatic carbocycles. The zero-order valence-corrected chi connectivity index (χ0v) is 13.2. The second-order valence-corrected chi connectivity index (χ2v) is 7.47. The number of likely N-dealkylation sites (tertiary alicyclic amines) is 1. The van der Waals surface area contributed by atoms with Crippen LogP contribution < -0.4 is 5.73 Å². The quantitative estimate of drug-likeness (QED) is 0.834. The van der Waals surface area contributed by atoms with Gasteiger partial charge < -0.3 is 10.6 Å². The largest absolute Gasteiger partial charge is 0.399 e. The number of nitrogens with two attached hydrogens (primary N) is 1. The molecule has 21 heavy (non-hydrogen) atoms. The second-order valence-electron chi connectivity index (χ2n) is 5.43. The van der Waals surface area contributed by atoms with Gasteiger partial charge in [-0.25, -0.2) is 8.42 Å². The smallest absolute Gasteiger partial charge is 0.243 e. The molecule has 116 valence electrons. The molecular weight excluding hydrogens is 290 g/mol. The van der Waals surface area contributed by atoms with Gasteiger partial charge in [-0.1, -0.05) is 0 Å². The van der Waals surface area contributed by atoms with Gasteiger partial charge in [0.15, 0.2) is 0 Å². The number of sulfonamides is 1. The number of likely N-dealkylation sites (N-methyl/N-ethyl adjacent to an activating group) is 1. The number of benzene rings is 1. The summed E-state index contributed by atoms with van der Waals surface area (Å²) in [5.41, 5.74) is 6.87. The van der Waals surface area contributed by atoms with E-state index in [2.05, 4.69) is 0 Å². The van der Waals surface area contributed by atoms with Crippen molar-refractivity contribution in [2.24, 2.45) is 0 Å². The van der Waals surface area contributed by atoms with Crippen molar-refractivity contribution in [3.63, 3.8) is 0 Å². The van der Waals surface area contributed by atoms with Crippen molar-refractivity contribution in [2.75, 3.05) is 32.4 Å². The van der Waals surface area contributed by atoms with Crippen LogP contribution in [0, 0.1) is 6.92 Å². The maximum Gasteiger partial charge on any atom is 0.243 e. The molecule has 1 aliphatic rings. The molecular formula is C14H21N3O3S. The van der Waals surface area contributed by atoms with Crippen LogP contribution in [-0.2, 0) is 14.8 Å². The van der Waals surface area contributed by atoms with Crippen LogP contribution >= 0.6 is 0 Å². The normalized spacial score (nSPS) is 15.7. The van der Waals surface area contributed by atoms with Crippen LogP contribution in [0.3, 0.4) is 0 Å². The van der Waals surface area contributed by atoms with Crippen molar-refractivity contribution in [3.8, 4) is 0 Å². The van der Waals surface area contributed by atoms with Gasteiger partial charge in [0.2, 0.25) is 15.9 Å². The van der Waals surface area contributed by atoms with Crippen LogP contribution in [0.5, 0.6) is 0 Å². The van der Waals surface area contributed by atoms with E-state index < -0.39 is 10.0 Å². The SMILES string of the molecule is Cc1cc(N)cc(S(=O)(=O)N(C)CC(=O)N2CCCC2)c1. The number of nitrogens with zero attached hydrogens (tertiary/aromatic N) is 2. The monoisotopic (exact) mass is 311 g/mol. The van der Waals surface area contributed by atoms with Crippen molar-refractivity contribution < 1.29 is 13.2 Å². The van der Waals surface area contributed by atoms with E-state index in [9.17, 15) is 13.2 Å². The van der Waals surface area contributed by atoms with Gasteiger partial charge in [0.1, 0.15) is 0 Å². The summed E-state index contributed by atoms with van der Waals surface area (Å²) < 4.78 is 26.1. The van der Waals surface area contributed by atoms with E-state index in [0.29, 0.717) is 18.8 Å². The van der Waals surface area contributed by atoms with Crippen LogP contribution in [0.15, 0.2) is 23.1 Å². The Morgan fingerprint density at radius 1 is 1.29 bits per heavy atom. The van der Waals surface area contributed by atoms with Crippen molar-refractivity contribution in [1.29, 1.82) is 0 Å². The molecule has 0 bridgehead atoms. The van der Waals surface area contributed by atoms with E-state index in [1.54, 1.807) is 24.0 Å². The molecule has 1 amide bonds. The fourth-order valence-electron chi connectivity index (χ4n) is 2.45. The van der Waals surface area contributed by atoms with E-state index >= 15 is 0 Å². The fraction of sp³-hybridized carbons (Fsp3) is 0.500. The molecule has 1 heterocycles. The molecule has 0 radical (unpaired) electrons. The molecule has 0 aromatic heterocycles. The molecule has 1 aliphatic heterocycles. The number of carbonyl (C=O) groups excluding carboxylic acids is 1. The average Bonchev–Trinajstić information content (AvgIpc) is 2.91. The summed E-state index contributed by atoms with van der Waals surface area (Å²) in [6, 6.07) is 4.68. The van der Waals surface area contributed by atoms with E-state index in [0.717, 1.165) is 22.7 Å². The minimum atomic E-state index is -3.70. The van der Waals surface area contributed by atoms with Crippen LogP contribution in [0.1, 0.15) is 18.4 Å². The van der Waals surface area contributed by atoms with Gasteiger partial charge in [0.25, 0.3) is 0 Å². The number of aryl methyl sites for hydroxylation is 1. The highest BCUT2D eigenvalue weighted by Gasteiger charge is 2.26. The second kappa shape index (κ2) is 6.03. The summed E-state index contributed by atoms with van der Waals surface area (Å²) >= 11 is 0. The van der Waals surface area contributed by atoms with Gasteiger partial charge in [0, 0.05) is 25.8 Å². The Hall–Kier alpha value is -1.60. The van der Waals surface area contributed by atoms with Gasteiger partial charge in [-0.3, -0.25) is 4.79 Å². The number of anilines is 1. The van der Waals surface area contributed by atoms with E-state index in [1.165, 1.54) is 13.1 Å². The Labute approximate surface area is 125 Å². The maximum atomic E-state index is 12.5. The average molecular weight is 311 g/mol. The number of amides is 1. The van der Waals surface area contributed by atoms with E-state index in [-0.39, 0.29) is 17.3 Å². The first-order valence-corrected chi connectivity index (χ1v) is 8.36. The lowest BCUT2D eigenvalue weighted by atomic mass is 10.2. The van der Waals surface area contributed by atoms with Crippen LogP contribution in [-0.4, -0.2) is 50.2 Å². The molecule has 6 nitrogen and oxygen atoms in total. The van der Waals surface area contributed by atoms with Crippen LogP contribution in [0.25, 0.3) is 0 Å². The molecule has 0 unspecified atom stereocenters. The number of hydrogen-bond donors (Lipinski definition) is 1. The maximum absolute atomic E-state index is 12.5. The summed E-state index contributed by atoms with van der Waals surface area (Å²) in [5.74, 6) is -0.154. The Balaban J connectivity index is 2.16. The standard InChI is InChI=1S/C14H21N3O3S/c1-11-7-12(15)9-13(8-11)21(19,20)16(2)10-14(18)17-5-3-4-6-17/h7-9H,3-6,10,15H2,1-2H3. The third kappa shape index (κ3) is 3.54. The third-order valence-electron chi connectivity index (χ3n) is 3.60. The fourth-order valence-corrected chi connectivity index (χ4v) is 3.71. The number of hydrogen-bond acceptors (Lipinski definition) is 4. The zero-order valence-electron chi connectivity index (χ0n) is 12.4. The third-order valence-corrected chi connectivity index (χ3v) is 5.38. The van der Waals surface area contributed by atoms with Gasteiger partial charge in [-0.2, -0.15) is 4.31 Å². The topological polar surface area (TPSA) is 83.7 Å². The highest BCUT2D eigenvalue weighted by Crippen LogP contribution is 2.20. The molecule has 1 saturated heterocycles. The Kier molecular flexibility index (Phi) is 4.53. The highest BCUT2D eigenvalue weighted by molar-refractivity contribution is 7.89. The minimum absolute atomic E-state index is 0.122. The van der Waals surface area contributed by atoms with Crippen molar-refractivity contribution in [2.45, 2.75) is 24.7 Å². The first kappa shape index (κ1) is 15.8. The Morgan fingerprint density at radius 3 is 2.48 bits per heavy atom. The molecule has 1 fully saturated rings. The summed E-state index contributed by atoms with van der Waals surface area (Å²) in [4.78, 5) is 13.9. The first-order valence-electron chi connectivity index (χ1n) is 6.92. The Morgan fingerprint density at radius 2 is 1.90 bits per heavy atom. The number of nitrogen functional groups attached to an aromatic ring is 1. The van der Waals surface area contributed by atoms with Crippen molar-refractivity contribution in [1.82, 2.24) is 9.21 Å². The number of rotatable bonds is 4. The highest BCUT2D eigenvalue weighted by atomic mass is 32.2. The molecule has 0 atom stereocenters. The summed E-state index contributed by atoms with van der Waals surface area (Å²) in [6.07, 6.45) is 1.97. The van der Waals surface area contributed by atoms with Gasteiger partial charge >= 0.3 is 0 Å². The summed E-state index contributed by atoms with van der Waals surface area (Å²) in [6.45, 7) is 3.06. The number of carbonyl (C=O) groups is 1. The lowest BCUT2D eigenvalue weighted by Gasteiger charge is -2.21. The first-order chi connectivity index (χ1) is 9.80. The molecule has 0 spiro atoms. The zero-order chi connectivity index (χ0) is 15.6.